The second-order valence-corrected chi connectivity index (χ2v) is 6.98. The van der Waals surface area contributed by atoms with Crippen LogP contribution >= 0.6 is 0 Å². The van der Waals surface area contributed by atoms with Crippen LogP contribution < -0.4 is 5.32 Å². The van der Waals surface area contributed by atoms with Gasteiger partial charge in [-0.15, -0.1) is 10.2 Å². The summed E-state index contributed by atoms with van der Waals surface area (Å²) in [6, 6.07) is 4.84. The summed E-state index contributed by atoms with van der Waals surface area (Å²) in [6.07, 6.45) is 4.41. The lowest BCUT2D eigenvalue weighted by molar-refractivity contribution is 0.0936. The van der Waals surface area contributed by atoms with E-state index in [9.17, 15) is 9.90 Å². The minimum Gasteiger partial charge on any atom is -0.508 e. The molecule has 7 heteroatoms. The monoisotopic (exact) mass is 329 g/mol. The van der Waals surface area contributed by atoms with E-state index in [4.69, 9.17) is 0 Å². The van der Waals surface area contributed by atoms with Gasteiger partial charge in [0.1, 0.15) is 5.75 Å². The summed E-state index contributed by atoms with van der Waals surface area (Å²) in [5.41, 5.74) is 0.958. The van der Waals surface area contributed by atoms with Gasteiger partial charge in [-0.25, -0.2) is 0 Å². The Morgan fingerprint density at radius 1 is 1.38 bits per heavy atom. The van der Waals surface area contributed by atoms with Crippen molar-refractivity contribution >= 4 is 5.91 Å². The summed E-state index contributed by atoms with van der Waals surface area (Å²) >= 11 is 0. The molecule has 1 aromatic carbocycles. The van der Waals surface area contributed by atoms with Crippen molar-refractivity contribution in [2.75, 3.05) is 0 Å². The first-order valence-corrected chi connectivity index (χ1v) is 8.40. The lowest BCUT2D eigenvalue weighted by atomic mass is 9.96. The highest BCUT2D eigenvalue weighted by atomic mass is 16.3. The summed E-state index contributed by atoms with van der Waals surface area (Å²) in [5, 5.41) is 26.6. The lowest BCUT2D eigenvalue weighted by Crippen LogP contribution is -2.33. The molecule has 128 valence electrons. The van der Waals surface area contributed by atoms with Crippen LogP contribution in [0.25, 0.3) is 11.4 Å². The highest BCUT2D eigenvalue weighted by Crippen LogP contribution is 2.31. The normalized spacial score (nSPS) is 20.5. The quantitative estimate of drug-likeness (QED) is 0.782. The number of H-pyrrole nitrogens is 1. The molecule has 0 bridgehead atoms. The van der Waals surface area contributed by atoms with Gasteiger partial charge in [0.2, 0.25) is 5.82 Å². The Hall–Kier alpha value is -2.44. The maximum atomic E-state index is 12.5. The minimum atomic E-state index is -0.175. The maximum absolute atomic E-state index is 12.5. The van der Waals surface area contributed by atoms with E-state index in [-0.39, 0.29) is 17.7 Å². The first-order valence-electron chi connectivity index (χ1n) is 8.40. The molecule has 0 radical (unpaired) electrons. The number of rotatable bonds is 5. The first-order chi connectivity index (χ1) is 11.5. The number of benzene rings is 1. The molecular formula is C17H23N5O2. The van der Waals surface area contributed by atoms with Crippen LogP contribution in [0.2, 0.25) is 0 Å². The number of aromatic nitrogens is 4. The molecule has 0 aliphatic heterocycles. The zero-order valence-electron chi connectivity index (χ0n) is 14.0. The van der Waals surface area contributed by atoms with Gasteiger partial charge >= 0.3 is 0 Å². The summed E-state index contributed by atoms with van der Waals surface area (Å²) in [6.45, 7) is 4.47. The number of nitrogens with zero attached hydrogens (tertiary/aromatic N) is 3. The second kappa shape index (κ2) is 6.98. The third-order valence-electron chi connectivity index (χ3n) is 4.46. The van der Waals surface area contributed by atoms with Crippen molar-refractivity contribution in [3.05, 3.63) is 23.8 Å². The van der Waals surface area contributed by atoms with E-state index in [1.54, 1.807) is 6.07 Å². The van der Waals surface area contributed by atoms with Crippen LogP contribution in [0.4, 0.5) is 0 Å². The third kappa shape index (κ3) is 3.90. The number of hydrogen-bond donors (Lipinski definition) is 3. The van der Waals surface area contributed by atoms with Crippen LogP contribution in [0.15, 0.2) is 18.2 Å². The average Bonchev–Trinajstić information content (AvgIpc) is 3.18. The van der Waals surface area contributed by atoms with Gasteiger partial charge in [0.25, 0.3) is 5.91 Å². The van der Waals surface area contributed by atoms with Gasteiger partial charge < -0.3 is 10.4 Å². The fourth-order valence-electron chi connectivity index (χ4n) is 3.51. The van der Waals surface area contributed by atoms with Gasteiger partial charge in [-0.3, -0.25) is 4.79 Å². The Balaban J connectivity index is 1.67. The number of carbonyl (C=O) groups is 1. The van der Waals surface area contributed by atoms with E-state index in [1.807, 2.05) is 0 Å². The Morgan fingerprint density at radius 2 is 2.21 bits per heavy atom. The number of aromatic hydroxyl groups is 1. The molecule has 3 rings (SSSR count). The number of aromatic amines is 1. The highest BCUT2D eigenvalue weighted by Gasteiger charge is 2.26. The van der Waals surface area contributed by atoms with Gasteiger partial charge in [-0.05, 0) is 60.9 Å². The molecule has 1 aromatic heterocycles. The topological polar surface area (TPSA) is 104 Å². The van der Waals surface area contributed by atoms with E-state index in [0.29, 0.717) is 28.8 Å². The van der Waals surface area contributed by atoms with E-state index < -0.39 is 0 Å². The SMILES string of the molecule is CC(C)CC1CCC(NC(=O)c2cc(O)cc(-c3nn[nH]n3)c2)C1. The molecule has 1 saturated carbocycles. The fraction of sp³-hybridized carbons (Fsp3) is 0.529. The molecule has 1 heterocycles. The predicted molar refractivity (Wildman–Crippen MR) is 89.3 cm³/mol. The molecule has 24 heavy (non-hydrogen) atoms. The van der Waals surface area contributed by atoms with Crippen LogP contribution in [-0.2, 0) is 0 Å². The zero-order valence-corrected chi connectivity index (χ0v) is 14.0. The molecule has 7 nitrogen and oxygen atoms in total. The van der Waals surface area contributed by atoms with Gasteiger partial charge in [-0.1, -0.05) is 13.8 Å². The van der Waals surface area contributed by atoms with Gasteiger partial charge in [0.05, 0.1) is 0 Å². The number of carbonyl (C=O) groups excluding carboxylic acids is 1. The van der Waals surface area contributed by atoms with E-state index in [0.717, 1.165) is 19.3 Å². The first kappa shape index (κ1) is 16.4. The number of phenols is 1. The molecule has 1 fully saturated rings. The van der Waals surface area contributed by atoms with Crippen LogP contribution in [0.1, 0.15) is 49.9 Å². The van der Waals surface area contributed by atoms with Crippen LogP contribution in [-0.4, -0.2) is 37.7 Å². The van der Waals surface area contributed by atoms with Crippen molar-refractivity contribution in [2.45, 2.75) is 45.6 Å². The predicted octanol–water partition coefficient (Wildman–Crippen LogP) is 2.52. The average molecular weight is 329 g/mol. The minimum absolute atomic E-state index is 0.00607. The van der Waals surface area contributed by atoms with Crippen molar-refractivity contribution in [1.29, 1.82) is 0 Å². The molecule has 2 aromatic rings. The van der Waals surface area contributed by atoms with Crippen molar-refractivity contribution in [1.82, 2.24) is 25.9 Å². The van der Waals surface area contributed by atoms with Crippen molar-refractivity contribution in [2.24, 2.45) is 11.8 Å². The maximum Gasteiger partial charge on any atom is 0.251 e. The fourth-order valence-corrected chi connectivity index (χ4v) is 3.51. The molecule has 2 atom stereocenters. The number of hydrogen-bond acceptors (Lipinski definition) is 5. The summed E-state index contributed by atoms with van der Waals surface area (Å²) < 4.78 is 0. The van der Waals surface area contributed by atoms with E-state index in [1.165, 1.54) is 18.6 Å². The molecule has 1 aliphatic carbocycles. The van der Waals surface area contributed by atoms with Crippen molar-refractivity contribution in [3.8, 4) is 17.1 Å². The molecule has 1 aliphatic rings. The van der Waals surface area contributed by atoms with Gasteiger partial charge in [0, 0.05) is 17.2 Å². The zero-order chi connectivity index (χ0) is 17.1. The summed E-state index contributed by atoms with van der Waals surface area (Å²) in [4.78, 5) is 12.5. The van der Waals surface area contributed by atoms with E-state index in [2.05, 4.69) is 39.8 Å². The number of phenolic OH excluding ortho intramolecular Hbond substituents is 1. The molecule has 3 N–H and O–H groups in total. The van der Waals surface area contributed by atoms with Crippen molar-refractivity contribution < 1.29 is 9.90 Å². The molecule has 0 saturated heterocycles. The molecule has 2 unspecified atom stereocenters. The second-order valence-electron chi connectivity index (χ2n) is 6.98. The third-order valence-corrected chi connectivity index (χ3v) is 4.46. The Kier molecular flexibility index (Phi) is 4.78. The Bertz CT molecular complexity index is 699. The number of amides is 1. The van der Waals surface area contributed by atoms with Crippen LogP contribution in [0.3, 0.4) is 0 Å². The summed E-state index contributed by atoms with van der Waals surface area (Å²) in [7, 11) is 0. The largest absolute Gasteiger partial charge is 0.508 e. The Morgan fingerprint density at radius 3 is 2.92 bits per heavy atom. The lowest BCUT2D eigenvalue weighted by Gasteiger charge is -2.15. The van der Waals surface area contributed by atoms with Crippen LogP contribution in [0, 0.1) is 11.8 Å². The van der Waals surface area contributed by atoms with Gasteiger partial charge in [0.15, 0.2) is 0 Å². The molecule has 0 spiro atoms. The standard InChI is InChI=1S/C17H23N5O2/c1-10(2)5-11-3-4-14(6-11)18-17(24)13-7-12(8-15(23)9-13)16-19-21-22-20-16/h7-11,14,23H,3-6H2,1-2H3,(H,18,24)(H,19,20,21,22). The number of tetrazole rings is 1. The smallest absolute Gasteiger partial charge is 0.251 e. The molecular weight excluding hydrogens is 306 g/mol. The van der Waals surface area contributed by atoms with Crippen LogP contribution in [0.5, 0.6) is 5.75 Å². The molecule has 1 amide bonds. The number of nitrogens with one attached hydrogen (secondary N) is 2. The van der Waals surface area contributed by atoms with Gasteiger partial charge in [-0.2, -0.15) is 5.21 Å². The van der Waals surface area contributed by atoms with E-state index >= 15 is 0 Å². The summed E-state index contributed by atoms with van der Waals surface area (Å²) in [5.74, 6) is 1.55. The Labute approximate surface area is 140 Å². The van der Waals surface area contributed by atoms with Crippen molar-refractivity contribution in [3.63, 3.8) is 0 Å². The highest BCUT2D eigenvalue weighted by molar-refractivity contribution is 5.96.